The molecule has 5 heteroatoms. The number of carboxylic acids is 1. The highest BCUT2D eigenvalue weighted by Gasteiger charge is 2.38. The van der Waals surface area contributed by atoms with Gasteiger partial charge in [0.1, 0.15) is 0 Å². The van der Waals surface area contributed by atoms with Gasteiger partial charge in [-0.15, -0.1) is 0 Å². The molecule has 2 aliphatic heterocycles. The molecule has 0 aromatic heterocycles. The van der Waals surface area contributed by atoms with Gasteiger partial charge in [0.15, 0.2) is 0 Å². The summed E-state index contributed by atoms with van der Waals surface area (Å²) in [5.41, 5.74) is 5.07. The number of benzene rings is 4. The molecule has 6 rings (SSSR count). The number of carboxylic acid groups (broad SMARTS) is 1. The molecule has 39 heavy (non-hydrogen) atoms. The zero-order chi connectivity index (χ0) is 27.0. The lowest BCUT2D eigenvalue weighted by Gasteiger charge is -2.44. The van der Waals surface area contributed by atoms with Crippen LogP contribution in [0.2, 0.25) is 0 Å². The maximum atomic E-state index is 11.0. The van der Waals surface area contributed by atoms with E-state index in [1.807, 2.05) is 36.4 Å². The molecule has 2 aliphatic rings. The first-order chi connectivity index (χ1) is 19.1. The van der Waals surface area contributed by atoms with E-state index in [0.29, 0.717) is 31.7 Å². The van der Waals surface area contributed by atoms with E-state index < -0.39 is 5.97 Å². The highest BCUT2D eigenvalue weighted by molar-refractivity contribution is 5.71. The fraction of sp³-hybridized carbons (Fsp3) is 0.265. The van der Waals surface area contributed by atoms with Crippen LogP contribution >= 0.6 is 0 Å². The van der Waals surface area contributed by atoms with Gasteiger partial charge in [0.2, 0.25) is 0 Å². The Morgan fingerprint density at radius 3 is 1.18 bits per heavy atom. The lowest BCUT2D eigenvalue weighted by Crippen LogP contribution is -2.51. The SMILES string of the molecule is O=C(O)C1CN(C(c2ccccc2)c2ccccc2)C1.OCC1CN(C(c2ccccc2)c2ccccc2)C1. The van der Waals surface area contributed by atoms with Crippen LogP contribution in [-0.4, -0.2) is 58.8 Å². The lowest BCUT2D eigenvalue weighted by atomic mass is 9.90. The highest BCUT2D eigenvalue weighted by atomic mass is 16.4. The number of aliphatic carboxylic acids is 1. The van der Waals surface area contributed by atoms with Crippen LogP contribution in [0.4, 0.5) is 0 Å². The Labute approximate surface area is 231 Å². The van der Waals surface area contributed by atoms with Gasteiger partial charge in [-0.05, 0) is 22.3 Å². The number of rotatable bonds is 8. The van der Waals surface area contributed by atoms with Gasteiger partial charge in [0.05, 0.1) is 18.0 Å². The minimum absolute atomic E-state index is 0.146. The average molecular weight is 521 g/mol. The van der Waals surface area contributed by atoms with Crippen molar-refractivity contribution in [2.75, 3.05) is 32.8 Å². The Kier molecular flexibility index (Phi) is 8.84. The van der Waals surface area contributed by atoms with Crippen molar-refractivity contribution >= 4 is 5.97 Å². The molecule has 0 atom stereocenters. The molecule has 0 unspecified atom stereocenters. The van der Waals surface area contributed by atoms with Gasteiger partial charge in [0.25, 0.3) is 0 Å². The van der Waals surface area contributed by atoms with E-state index in [9.17, 15) is 9.90 Å². The molecule has 0 saturated carbocycles. The van der Waals surface area contributed by atoms with Crippen molar-refractivity contribution in [2.45, 2.75) is 12.1 Å². The molecule has 200 valence electrons. The van der Waals surface area contributed by atoms with Gasteiger partial charge in [-0.3, -0.25) is 14.6 Å². The number of hydrogen-bond acceptors (Lipinski definition) is 4. The fourth-order valence-electron chi connectivity index (χ4n) is 5.59. The summed E-state index contributed by atoms with van der Waals surface area (Å²) in [4.78, 5) is 15.7. The third kappa shape index (κ3) is 6.45. The minimum Gasteiger partial charge on any atom is -0.481 e. The van der Waals surface area contributed by atoms with Crippen molar-refractivity contribution in [3.05, 3.63) is 144 Å². The number of aliphatic hydroxyl groups excluding tert-OH is 1. The molecule has 2 N–H and O–H groups in total. The van der Waals surface area contributed by atoms with Crippen molar-refractivity contribution in [1.82, 2.24) is 9.80 Å². The summed E-state index contributed by atoms with van der Waals surface area (Å²) in [6.07, 6.45) is 0. The molecule has 2 heterocycles. The second-order valence-corrected chi connectivity index (χ2v) is 10.4. The zero-order valence-electron chi connectivity index (χ0n) is 22.1. The first-order valence-corrected chi connectivity index (χ1v) is 13.7. The Morgan fingerprint density at radius 1 is 0.590 bits per heavy atom. The van der Waals surface area contributed by atoms with Gasteiger partial charge in [-0.1, -0.05) is 121 Å². The maximum absolute atomic E-state index is 11.0. The summed E-state index contributed by atoms with van der Waals surface area (Å²) >= 11 is 0. The van der Waals surface area contributed by atoms with Gasteiger partial charge < -0.3 is 10.2 Å². The summed E-state index contributed by atoms with van der Waals surface area (Å²) in [6, 6.07) is 42.2. The van der Waals surface area contributed by atoms with Crippen molar-refractivity contribution in [1.29, 1.82) is 0 Å². The Bertz CT molecular complexity index is 1210. The largest absolute Gasteiger partial charge is 0.481 e. The Balaban J connectivity index is 0.000000158. The predicted octanol–water partition coefficient (Wildman–Crippen LogP) is 5.49. The van der Waals surface area contributed by atoms with Gasteiger partial charge in [-0.25, -0.2) is 0 Å². The van der Waals surface area contributed by atoms with Crippen LogP contribution < -0.4 is 0 Å². The van der Waals surface area contributed by atoms with E-state index in [0.717, 1.165) is 13.1 Å². The molecule has 4 aromatic rings. The number of nitrogens with zero attached hydrogens (tertiary/aromatic N) is 2. The third-order valence-corrected chi connectivity index (χ3v) is 7.69. The van der Waals surface area contributed by atoms with Crippen molar-refractivity contribution in [3.8, 4) is 0 Å². The van der Waals surface area contributed by atoms with Crippen LogP contribution in [0.15, 0.2) is 121 Å². The second kappa shape index (κ2) is 12.9. The molecule has 4 aromatic carbocycles. The third-order valence-electron chi connectivity index (χ3n) is 7.69. The molecule has 0 amide bonds. The summed E-state index contributed by atoms with van der Waals surface area (Å²) in [5, 5.41) is 18.2. The van der Waals surface area contributed by atoms with E-state index in [4.69, 9.17) is 5.11 Å². The topological polar surface area (TPSA) is 64.0 Å². The van der Waals surface area contributed by atoms with Crippen molar-refractivity contribution < 1.29 is 15.0 Å². The lowest BCUT2D eigenvalue weighted by molar-refractivity contribution is -0.148. The molecule has 2 saturated heterocycles. The smallest absolute Gasteiger partial charge is 0.309 e. The van der Waals surface area contributed by atoms with E-state index in [-0.39, 0.29) is 12.0 Å². The van der Waals surface area contributed by atoms with Crippen LogP contribution in [-0.2, 0) is 4.79 Å². The number of aliphatic hydroxyl groups is 1. The average Bonchev–Trinajstić information content (AvgIpc) is 2.94. The van der Waals surface area contributed by atoms with Crippen LogP contribution in [0.1, 0.15) is 34.3 Å². The van der Waals surface area contributed by atoms with E-state index >= 15 is 0 Å². The summed E-state index contributed by atoms with van der Waals surface area (Å²) in [5.74, 6) is -0.485. The number of carbonyl (C=O) groups is 1. The van der Waals surface area contributed by atoms with E-state index in [1.165, 1.54) is 22.3 Å². The van der Waals surface area contributed by atoms with Gasteiger partial charge >= 0.3 is 5.97 Å². The van der Waals surface area contributed by atoms with Gasteiger partial charge in [-0.2, -0.15) is 0 Å². The molecule has 2 fully saturated rings. The van der Waals surface area contributed by atoms with Crippen LogP contribution in [0.25, 0.3) is 0 Å². The normalized spacial score (nSPS) is 16.3. The number of hydrogen-bond donors (Lipinski definition) is 2. The zero-order valence-corrected chi connectivity index (χ0v) is 22.1. The molecule has 0 spiro atoms. The Morgan fingerprint density at radius 2 is 0.897 bits per heavy atom. The highest BCUT2D eigenvalue weighted by Crippen LogP contribution is 2.35. The summed E-state index contributed by atoms with van der Waals surface area (Å²) in [7, 11) is 0. The van der Waals surface area contributed by atoms with Crippen molar-refractivity contribution in [2.24, 2.45) is 11.8 Å². The molecular weight excluding hydrogens is 484 g/mol. The molecule has 0 bridgehead atoms. The monoisotopic (exact) mass is 520 g/mol. The standard InChI is InChI=1S/C17H17NO2.C17H19NO/c19-17(20)15-11-18(12-15)16(13-7-3-1-4-8-13)14-9-5-2-6-10-14;19-13-14-11-18(12-14)17(15-7-3-1-4-8-15)16-9-5-2-6-10-16/h1-10,15-16H,11-12H2,(H,19,20);1-10,14,17,19H,11-13H2. The second-order valence-electron chi connectivity index (χ2n) is 10.4. The summed E-state index contributed by atoms with van der Waals surface area (Å²) in [6.45, 7) is 3.48. The maximum Gasteiger partial charge on any atom is 0.309 e. The van der Waals surface area contributed by atoms with E-state index in [2.05, 4.69) is 94.7 Å². The molecular formula is C34H36N2O3. The van der Waals surface area contributed by atoms with Crippen LogP contribution in [0.5, 0.6) is 0 Å². The minimum atomic E-state index is -0.693. The predicted molar refractivity (Wildman–Crippen MR) is 154 cm³/mol. The van der Waals surface area contributed by atoms with Gasteiger partial charge in [0, 0.05) is 38.7 Å². The molecule has 5 nitrogen and oxygen atoms in total. The van der Waals surface area contributed by atoms with Crippen LogP contribution in [0, 0.1) is 11.8 Å². The first-order valence-electron chi connectivity index (χ1n) is 13.7. The Hall–Kier alpha value is -3.77. The van der Waals surface area contributed by atoms with Crippen molar-refractivity contribution in [3.63, 3.8) is 0 Å². The van der Waals surface area contributed by atoms with E-state index in [1.54, 1.807) is 0 Å². The summed E-state index contributed by atoms with van der Waals surface area (Å²) < 4.78 is 0. The van der Waals surface area contributed by atoms with Crippen LogP contribution in [0.3, 0.4) is 0 Å². The first kappa shape index (κ1) is 26.8. The quantitative estimate of drug-likeness (QED) is 0.322. The molecule has 0 radical (unpaired) electrons. The molecule has 0 aliphatic carbocycles. The fourth-order valence-corrected chi connectivity index (χ4v) is 5.59. The number of likely N-dealkylation sites (tertiary alicyclic amines) is 2.